The van der Waals surface area contributed by atoms with Gasteiger partial charge in [0.1, 0.15) is 5.69 Å². The third-order valence-electron chi connectivity index (χ3n) is 2.25. The Morgan fingerprint density at radius 1 is 1.44 bits per heavy atom. The minimum Gasteiger partial charge on any atom is -0.477 e. The fraction of sp³-hybridized carbons (Fsp3) is 0.167. The molecule has 0 aliphatic carbocycles. The van der Waals surface area contributed by atoms with Crippen LogP contribution in [0.1, 0.15) is 21.1 Å². The zero-order chi connectivity index (χ0) is 13.0. The molecule has 6 heteroatoms. The van der Waals surface area contributed by atoms with E-state index in [2.05, 4.69) is 32.3 Å². The van der Waals surface area contributed by atoms with Crippen LogP contribution >= 0.6 is 27.3 Å². The van der Waals surface area contributed by atoms with Crippen LogP contribution in [0, 0.1) is 0 Å². The number of thiophene rings is 1. The van der Waals surface area contributed by atoms with Crippen LogP contribution in [-0.2, 0) is 13.1 Å². The van der Waals surface area contributed by atoms with E-state index in [4.69, 9.17) is 5.11 Å². The highest BCUT2D eigenvalue weighted by molar-refractivity contribution is 9.10. The molecule has 0 atom stereocenters. The fourth-order valence-corrected chi connectivity index (χ4v) is 2.88. The van der Waals surface area contributed by atoms with Crippen molar-refractivity contribution in [2.24, 2.45) is 0 Å². The monoisotopic (exact) mass is 326 g/mol. The number of hydrogen-bond acceptors (Lipinski definition) is 4. The summed E-state index contributed by atoms with van der Waals surface area (Å²) in [5.74, 6) is -1.00. The molecule has 0 fully saturated rings. The van der Waals surface area contributed by atoms with Gasteiger partial charge in [-0.05, 0) is 34.1 Å². The van der Waals surface area contributed by atoms with Gasteiger partial charge in [-0.1, -0.05) is 6.07 Å². The molecule has 0 saturated heterocycles. The summed E-state index contributed by atoms with van der Waals surface area (Å²) in [5, 5.41) is 14.1. The Bertz CT molecular complexity index is 557. The Morgan fingerprint density at radius 2 is 2.28 bits per heavy atom. The Morgan fingerprint density at radius 3 is 2.94 bits per heavy atom. The van der Waals surface area contributed by atoms with Crippen LogP contribution in [0.15, 0.2) is 34.1 Å². The fourth-order valence-electron chi connectivity index (χ4n) is 1.46. The third-order valence-corrected chi connectivity index (χ3v) is 3.95. The minimum atomic E-state index is -1.00. The Kier molecular flexibility index (Phi) is 4.46. The van der Waals surface area contributed by atoms with Gasteiger partial charge < -0.3 is 10.4 Å². The maximum atomic E-state index is 10.8. The number of pyridine rings is 1. The molecule has 94 valence electrons. The molecule has 0 aliphatic rings. The number of nitrogens with one attached hydrogen (secondary N) is 1. The van der Waals surface area contributed by atoms with Gasteiger partial charge in [0.05, 0.1) is 5.69 Å². The summed E-state index contributed by atoms with van der Waals surface area (Å²) in [5.41, 5.74) is 0.804. The predicted octanol–water partition coefficient (Wildman–Crippen LogP) is 2.89. The molecule has 2 N–H and O–H groups in total. The largest absolute Gasteiger partial charge is 0.477 e. The number of rotatable bonds is 5. The molecule has 2 aromatic rings. The highest BCUT2D eigenvalue weighted by Crippen LogP contribution is 2.19. The lowest BCUT2D eigenvalue weighted by atomic mass is 10.3. The zero-order valence-corrected chi connectivity index (χ0v) is 11.8. The van der Waals surface area contributed by atoms with Crippen molar-refractivity contribution < 1.29 is 9.90 Å². The molecule has 0 amide bonds. The number of aromatic carboxylic acids is 1. The first-order valence-electron chi connectivity index (χ1n) is 5.28. The molecule has 0 saturated carbocycles. The van der Waals surface area contributed by atoms with Crippen molar-refractivity contribution in [1.82, 2.24) is 10.3 Å². The van der Waals surface area contributed by atoms with Gasteiger partial charge in [0, 0.05) is 27.8 Å². The quantitative estimate of drug-likeness (QED) is 0.886. The summed E-state index contributed by atoms with van der Waals surface area (Å²) in [4.78, 5) is 16.0. The third kappa shape index (κ3) is 3.63. The average molecular weight is 327 g/mol. The van der Waals surface area contributed by atoms with Gasteiger partial charge in [0.15, 0.2) is 0 Å². The smallest absolute Gasteiger partial charge is 0.354 e. The predicted molar refractivity (Wildman–Crippen MR) is 73.8 cm³/mol. The van der Waals surface area contributed by atoms with Crippen molar-refractivity contribution >= 4 is 33.2 Å². The van der Waals surface area contributed by atoms with Crippen LogP contribution in [0.5, 0.6) is 0 Å². The van der Waals surface area contributed by atoms with Crippen LogP contribution < -0.4 is 5.32 Å². The summed E-state index contributed by atoms with van der Waals surface area (Å²) in [6.07, 6.45) is 0. The van der Waals surface area contributed by atoms with Gasteiger partial charge in [-0.2, -0.15) is 0 Å². The van der Waals surface area contributed by atoms with Crippen LogP contribution in [0.4, 0.5) is 0 Å². The lowest BCUT2D eigenvalue weighted by Gasteiger charge is -2.03. The molecule has 0 radical (unpaired) electrons. The van der Waals surface area contributed by atoms with E-state index >= 15 is 0 Å². The van der Waals surface area contributed by atoms with Crippen molar-refractivity contribution in [3.8, 4) is 0 Å². The molecule has 0 aromatic carbocycles. The molecule has 18 heavy (non-hydrogen) atoms. The van der Waals surface area contributed by atoms with E-state index in [1.54, 1.807) is 17.4 Å². The van der Waals surface area contributed by atoms with Gasteiger partial charge in [0.2, 0.25) is 0 Å². The van der Waals surface area contributed by atoms with Crippen molar-refractivity contribution in [2.45, 2.75) is 13.1 Å². The number of carbonyl (C=O) groups is 1. The first-order valence-corrected chi connectivity index (χ1v) is 6.95. The molecule has 4 nitrogen and oxygen atoms in total. The van der Waals surface area contributed by atoms with E-state index in [9.17, 15) is 4.79 Å². The van der Waals surface area contributed by atoms with Crippen molar-refractivity contribution in [2.75, 3.05) is 0 Å². The number of nitrogens with zero attached hydrogens (tertiary/aromatic N) is 1. The Balaban J connectivity index is 1.90. The highest BCUT2D eigenvalue weighted by atomic mass is 79.9. The van der Waals surface area contributed by atoms with E-state index in [1.807, 2.05) is 11.4 Å². The van der Waals surface area contributed by atoms with Crippen LogP contribution in [0.2, 0.25) is 0 Å². The first-order chi connectivity index (χ1) is 8.65. The lowest BCUT2D eigenvalue weighted by molar-refractivity contribution is 0.0690. The first kappa shape index (κ1) is 13.2. The molecule has 2 heterocycles. The zero-order valence-electron chi connectivity index (χ0n) is 9.39. The van der Waals surface area contributed by atoms with E-state index in [-0.39, 0.29) is 5.69 Å². The van der Waals surface area contributed by atoms with Crippen molar-refractivity contribution in [1.29, 1.82) is 0 Å². The van der Waals surface area contributed by atoms with Gasteiger partial charge in [0.25, 0.3) is 0 Å². The molecular weight excluding hydrogens is 316 g/mol. The second-order valence-electron chi connectivity index (χ2n) is 3.65. The molecule has 2 aromatic heterocycles. The summed E-state index contributed by atoms with van der Waals surface area (Å²) < 4.78 is 1.08. The highest BCUT2D eigenvalue weighted by Gasteiger charge is 2.05. The van der Waals surface area contributed by atoms with Crippen molar-refractivity contribution in [3.63, 3.8) is 0 Å². The summed E-state index contributed by atoms with van der Waals surface area (Å²) >= 11 is 5.07. The summed E-state index contributed by atoms with van der Waals surface area (Å²) in [6.45, 7) is 1.30. The van der Waals surface area contributed by atoms with E-state index in [1.165, 1.54) is 10.9 Å². The standard InChI is InChI=1S/C12H11BrN2O2S/c13-8-4-10(18-7-8)6-14-5-9-2-1-3-11(15-9)12(16)17/h1-4,7,14H,5-6H2,(H,16,17). The van der Waals surface area contributed by atoms with Gasteiger partial charge in [-0.3, -0.25) is 0 Å². The number of hydrogen-bond donors (Lipinski definition) is 2. The number of aromatic nitrogens is 1. The van der Waals surface area contributed by atoms with Gasteiger partial charge in [-0.15, -0.1) is 11.3 Å². The molecule has 0 aliphatic heterocycles. The average Bonchev–Trinajstić information content (AvgIpc) is 2.75. The number of halogens is 1. The summed E-state index contributed by atoms with van der Waals surface area (Å²) in [6, 6.07) is 7.06. The van der Waals surface area contributed by atoms with Crippen LogP contribution in [0.25, 0.3) is 0 Å². The maximum Gasteiger partial charge on any atom is 0.354 e. The normalized spacial score (nSPS) is 10.5. The molecular formula is C12H11BrN2O2S. The van der Waals surface area contributed by atoms with Crippen LogP contribution in [0.3, 0.4) is 0 Å². The van der Waals surface area contributed by atoms with E-state index in [0.29, 0.717) is 6.54 Å². The second-order valence-corrected chi connectivity index (χ2v) is 5.57. The topological polar surface area (TPSA) is 62.2 Å². The van der Waals surface area contributed by atoms with E-state index in [0.717, 1.165) is 16.7 Å². The number of carboxylic acid groups (broad SMARTS) is 1. The Labute approximate surface area is 117 Å². The Hall–Kier alpha value is -1.24. The minimum absolute atomic E-state index is 0.0770. The number of carboxylic acids is 1. The SMILES string of the molecule is O=C(O)c1cccc(CNCc2cc(Br)cs2)n1. The van der Waals surface area contributed by atoms with Crippen molar-refractivity contribution in [3.05, 3.63) is 50.4 Å². The molecule has 2 rings (SSSR count). The second kappa shape index (κ2) is 6.08. The lowest BCUT2D eigenvalue weighted by Crippen LogP contribution is -2.14. The van der Waals surface area contributed by atoms with Crippen LogP contribution in [-0.4, -0.2) is 16.1 Å². The van der Waals surface area contributed by atoms with E-state index < -0.39 is 5.97 Å². The molecule has 0 unspecified atom stereocenters. The molecule has 0 spiro atoms. The van der Waals surface area contributed by atoms with Gasteiger partial charge in [-0.25, -0.2) is 9.78 Å². The molecule has 0 bridgehead atoms. The maximum absolute atomic E-state index is 10.8. The summed E-state index contributed by atoms with van der Waals surface area (Å²) in [7, 11) is 0. The van der Waals surface area contributed by atoms with Gasteiger partial charge >= 0.3 is 5.97 Å².